The summed E-state index contributed by atoms with van der Waals surface area (Å²) in [7, 11) is -0.0550. The van der Waals surface area contributed by atoms with Gasteiger partial charge in [-0.1, -0.05) is 20.8 Å². The first kappa shape index (κ1) is 12.0. The van der Waals surface area contributed by atoms with Crippen LogP contribution in [-0.2, 0) is 9.31 Å². The molecule has 0 aromatic heterocycles. The third-order valence-electron chi connectivity index (χ3n) is 2.24. The predicted molar refractivity (Wildman–Crippen MR) is 59.5 cm³/mol. The van der Waals surface area contributed by atoms with E-state index in [-0.39, 0.29) is 12.4 Å². The Balaban J connectivity index is 2.38. The average molecular weight is 199 g/mol. The van der Waals surface area contributed by atoms with Gasteiger partial charge in [0.15, 0.2) is 0 Å². The standard InChI is InChI=1S/C10H22BNO2/c1-10(2,3)11-13-8-4-6-12-7-5-9-14-11/h12H,4-9H2,1-3H3. The van der Waals surface area contributed by atoms with Crippen LogP contribution in [0.25, 0.3) is 0 Å². The van der Waals surface area contributed by atoms with E-state index in [2.05, 4.69) is 26.1 Å². The summed E-state index contributed by atoms with van der Waals surface area (Å²) in [5, 5.41) is 3.42. The van der Waals surface area contributed by atoms with Crippen LogP contribution in [0.5, 0.6) is 0 Å². The molecule has 0 aromatic rings. The molecular formula is C10H22BNO2. The molecule has 0 bridgehead atoms. The van der Waals surface area contributed by atoms with Crippen molar-refractivity contribution in [2.75, 3.05) is 26.3 Å². The lowest BCUT2D eigenvalue weighted by atomic mass is 9.61. The van der Waals surface area contributed by atoms with Crippen molar-refractivity contribution in [2.24, 2.45) is 0 Å². The van der Waals surface area contributed by atoms with Crippen LogP contribution >= 0.6 is 0 Å². The first-order valence-corrected chi connectivity index (χ1v) is 5.54. The van der Waals surface area contributed by atoms with Crippen LogP contribution in [-0.4, -0.2) is 33.4 Å². The Hall–Kier alpha value is -0.0551. The molecule has 1 rings (SSSR count). The highest BCUT2D eigenvalue weighted by atomic mass is 16.6. The molecule has 0 radical (unpaired) electrons. The molecule has 0 saturated carbocycles. The Kier molecular flexibility index (Phi) is 4.92. The molecule has 1 fully saturated rings. The maximum absolute atomic E-state index is 5.72. The van der Waals surface area contributed by atoms with Gasteiger partial charge in [-0.25, -0.2) is 0 Å². The molecule has 0 aliphatic carbocycles. The molecule has 1 N–H and O–H groups in total. The largest absolute Gasteiger partial charge is 0.462 e. The molecule has 0 amide bonds. The molecule has 1 aliphatic heterocycles. The Bertz CT molecular complexity index is 149. The molecule has 1 aliphatic rings. The first-order valence-electron chi connectivity index (χ1n) is 5.54. The fourth-order valence-corrected chi connectivity index (χ4v) is 1.45. The zero-order chi connectivity index (χ0) is 10.4. The van der Waals surface area contributed by atoms with Gasteiger partial charge in [0, 0.05) is 13.2 Å². The summed E-state index contributed by atoms with van der Waals surface area (Å²) < 4.78 is 11.4. The minimum Gasteiger partial charge on any atom is -0.411 e. The Labute approximate surface area is 87.7 Å². The number of nitrogens with one attached hydrogen (secondary N) is 1. The van der Waals surface area contributed by atoms with Crippen LogP contribution in [0.3, 0.4) is 0 Å². The van der Waals surface area contributed by atoms with Crippen molar-refractivity contribution in [2.45, 2.75) is 38.9 Å². The van der Waals surface area contributed by atoms with Crippen LogP contribution in [0.4, 0.5) is 0 Å². The third-order valence-corrected chi connectivity index (χ3v) is 2.24. The van der Waals surface area contributed by atoms with Gasteiger partial charge in [-0.15, -0.1) is 0 Å². The van der Waals surface area contributed by atoms with Crippen LogP contribution in [0.2, 0.25) is 5.31 Å². The molecule has 0 atom stereocenters. The number of hydrogen-bond acceptors (Lipinski definition) is 3. The second-order valence-corrected chi connectivity index (χ2v) is 4.90. The molecule has 3 nitrogen and oxygen atoms in total. The lowest BCUT2D eigenvalue weighted by Gasteiger charge is -2.27. The summed E-state index contributed by atoms with van der Waals surface area (Å²) in [5.74, 6) is 0. The molecule has 0 aromatic carbocycles. The van der Waals surface area contributed by atoms with Crippen molar-refractivity contribution < 1.29 is 9.31 Å². The molecule has 0 unspecified atom stereocenters. The molecule has 82 valence electrons. The van der Waals surface area contributed by atoms with Gasteiger partial charge in [-0.2, -0.15) is 0 Å². The average Bonchev–Trinajstić information content (AvgIpc) is 2.12. The minimum absolute atomic E-state index is 0.0550. The Morgan fingerprint density at radius 3 is 1.93 bits per heavy atom. The summed E-state index contributed by atoms with van der Waals surface area (Å²) in [5.41, 5.74) is 0. The van der Waals surface area contributed by atoms with Crippen LogP contribution < -0.4 is 5.32 Å². The van der Waals surface area contributed by atoms with Gasteiger partial charge in [-0.05, 0) is 31.2 Å². The van der Waals surface area contributed by atoms with Crippen molar-refractivity contribution in [3.63, 3.8) is 0 Å². The smallest absolute Gasteiger partial charge is 0.411 e. The fourth-order valence-electron chi connectivity index (χ4n) is 1.45. The van der Waals surface area contributed by atoms with Gasteiger partial charge in [0.2, 0.25) is 0 Å². The summed E-state index contributed by atoms with van der Waals surface area (Å²) >= 11 is 0. The topological polar surface area (TPSA) is 30.5 Å². The monoisotopic (exact) mass is 199 g/mol. The lowest BCUT2D eigenvalue weighted by Crippen LogP contribution is -2.36. The highest BCUT2D eigenvalue weighted by Crippen LogP contribution is 2.28. The van der Waals surface area contributed by atoms with Crippen molar-refractivity contribution in [1.29, 1.82) is 0 Å². The predicted octanol–water partition coefficient (Wildman–Crippen LogP) is 1.69. The van der Waals surface area contributed by atoms with Crippen molar-refractivity contribution in [3.05, 3.63) is 0 Å². The molecule has 0 spiro atoms. The Morgan fingerprint density at radius 1 is 1.00 bits per heavy atom. The van der Waals surface area contributed by atoms with Gasteiger partial charge in [0.05, 0.1) is 0 Å². The zero-order valence-electron chi connectivity index (χ0n) is 9.64. The Morgan fingerprint density at radius 2 is 1.50 bits per heavy atom. The second-order valence-electron chi connectivity index (χ2n) is 4.90. The van der Waals surface area contributed by atoms with Crippen LogP contribution in [0, 0.1) is 0 Å². The molecule has 1 heterocycles. The zero-order valence-corrected chi connectivity index (χ0v) is 9.64. The van der Waals surface area contributed by atoms with E-state index < -0.39 is 0 Å². The summed E-state index contributed by atoms with van der Waals surface area (Å²) in [6.45, 7) is 10.1. The van der Waals surface area contributed by atoms with Gasteiger partial charge >= 0.3 is 7.12 Å². The van der Waals surface area contributed by atoms with Crippen molar-refractivity contribution in [3.8, 4) is 0 Å². The van der Waals surface area contributed by atoms with E-state index in [0.717, 1.165) is 39.1 Å². The van der Waals surface area contributed by atoms with Gasteiger partial charge in [0.25, 0.3) is 0 Å². The van der Waals surface area contributed by atoms with Crippen LogP contribution in [0.1, 0.15) is 33.6 Å². The van der Waals surface area contributed by atoms with Gasteiger partial charge in [0.1, 0.15) is 0 Å². The van der Waals surface area contributed by atoms with E-state index in [4.69, 9.17) is 9.31 Å². The van der Waals surface area contributed by atoms with E-state index in [1.165, 1.54) is 0 Å². The maximum atomic E-state index is 5.72. The van der Waals surface area contributed by atoms with Crippen molar-refractivity contribution in [1.82, 2.24) is 5.32 Å². The van der Waals surface area contributed by atoms with E-state index >= 15 is 0 Å². The summed E-state index contributed by atoms with van der Waals surface area (Å²) in [4.78, 5) is 0. The number of hydrogen-bond donors (Lipinski definition) is 1. The number of rotatable bonds is 0. The molecule has 1 saturated heterocycles. The SMILES string of the molecule is CC(C)(C)B1OCCCNCCCO1. The fraction of sp³-hybridized carbons (Fsp3) is 1.00. The van der Waals surface area contributed by atoms with Crippen molar-refractivity contribution >= 4 is 7.12 Å². The second kappa shape index (κ2) is 5.74. The van der Waals surface area contributed by atoms with E-state index in [9.17, 15) is 0 Å². The third kappa shape index (κ3) is 4.44. The summed E-state index contributed by atoms with van der Waals surface area (Å²) in [6, 6.07) is 0. The highest BCUT2D eigenvalue weighted by molar-refractivity contribution is 6.48. The van der Waals surface area contributed by atoms with Gasteiger partial charge in [-0.3, -0.25) is 0 Å². The van der Waals surface area contributed by atoms with E-state index in [1.54, 1.807) is 0 Å². The van der Waals surface area contributed by atoms with E-state index in [0.29, 0.717) is 0 Å². The van der Waals surface area contributed by atoms with Gasteiger partial charge < -0.3 is 14.6 Å². The minimum atomic E-state index is -0.0550. The quantitative estimate of drug-likeness (QED) is 0.602. The first-order chi connectivity index (χ1) is 6.61. The molecule has 14 heavy (non-hydrogen) atoms. The lowest BCUT2D eigenvalue weighted by molar-refractivity contribution is 0.168. The maximum Gasteiger partial charge on any atom is 0.462 e. The summed E-state index contributed by atoms with van der Waals surface area (Å²) in [6.07, 6.45) is 2.13. The highest BCUT2D eigenvalue weighted by Gasteiger charge is 2.33. The molecular weight excluding hydrogens is 177 g/mol. The van der Waals surface area contributed by atoms with Crippen LogP contribution in [0.15, 0.2) is 0 Å². The normalized spacial score (nSPS) is 22.1. The molecule has 4 heteroatoms. The van der Waals surface area contributed by atoms with E-state index in [1.807, 2.05) is 0 Å².